The SMILES string of the molecule is CCOC(CC)(OCC)C(=O)O[SiH3]. The molecule has 5 heteroatoms. The Balaban J connectivity index is 4.52. The second kappa shape index (κ2) is 6.12. The Bertz CT molecular complexity index is 154. The van der Waals surface area contributed by atoms with Crippen LogP contribution in [0.15, 0.2) is 0 Å². The highest BCUT2D eigenvalue weighted by Crippen LogP contribution is 2.19. The van der Waals surface area contributed by atoms with Gasteiger partial charge >= 0.3 is 5.97 Å². The van der Waals surface area contributed by atoms with Crippen LogP contribution in [0, 0.1) is 0 Å². The minimum Gasteiger partial charge on any atom is -0.525 e. The van der Waals surface area contributed by atoms with Crippen molar-refractivity contribution in [3.05, 3.63) is 0 Å². The maximum absolute atomic E-state index is 11.4. The Kier molecular flexibility index (Phi) is 5.94. The largest absolute Gasteiger partial charge is 0.525 e. The zero-order valence-electron chi connectivity index (χ0n) is 8.75. The number of carbonyl (C=O) groups is 1. The van der Waals surface area contributed by atoms with Gasteiger partial charge in [-0.25, -0.2) is 4.79 Å². The molecule has 0 rings (SSSR count). The minimum absolute atomic E-state index is 0.363. The van der Waals surface area contributed by atoms with Gasteiger partial charge in [0.15, 0.2) is 0 Å². The summed E-state index contributed by atoms with van der Waals surface area (Å²) in [5.74, 6) is -1.59. The molecule has 0 saturated heterocycles. The zero-order valence-corrected chi connectivity index (χ0v) is 10.8. The van der Waals surface area contributed by atoms with Crippen LogP contribution >= 0.6 is 0 Å². The summed E-state index contributed by atoms with van der Waals surface area (Å²) in [6, 6.07) is 0. The van der Waals surface area contributed by atoms with E-state index in [0.29, 0.717) is 30.1 Å². The second-order valence-corrected chi connectivity index (χ2v) is 2.87. The predicted octanol–water partition coefficient (Wildman–Crippen LogP) is -0.0107. The maximum atomic E-state index is 11.4. The molecule has 13 heavy (non-hydrogen) atoms. The summed E-state index contributed by atoms with van der Waals surface area (Å²) in [7, 11) is 0.363. The number of hydrogen-bond acceptors (Lipinski definition) is 4. The standard InChI is InChI=1S/C8H18O4Si/c1-4-8(10-5-2,11-6-3)7(9)12-13/h4-6H2,1-3,13H3. The number of rotatable bonds is 6. The molecule has 0 aromatic rings. The van der Waals surface area contributed by atoms with Crippen LogP contribution < -0.4 is 0 Å². The van der Waals surface area contributed by atoms with Crippen molar-refractivity contribution in [2.24, 2.45) is 0 Å². The van der Waals surface area contributed by atoms with E-state index in [1.54, 1.807) is 0 Å². The van der Waals surface area contributed by atoms with Crippen molar-refractivity contribution in [2.75, 3.05) is 13.2 Å². The Hall–Kier alpha value is -0.393. The highest BCUT2D eigenvalue weighted by Gasteiger charge is 2.39. The summed E-state index contributed by atoms with van der Waals surface area (Å²) in [5, 5.41) is 0. The first-order valence-corrected chi connectivity index (χ1v) is 5.34. The van der Waals surface area contributed by atoms with Gasteiger partial charge in [0.25, 0.3) is 5.79 Å². The van der Waals surface area contributed by atoms with Crippen LogP contribution in [-0.2, 0) is 18.7 Å². The molecule has 0 unspecified atom stereocenters. The highest BCUT2D eigenvalue weighted by molar-refractivity contribution is 6.06. The fourth-order valence-electron chi connectivity index (χ4n) is 1.13. The summed E-state index contributed by atoms with van der Waals surface area (Å²) in [5.41, 5.74) is 0. The van der Waals surface area contributed by atoms with E-state index in [0.717, 1.165) is 0 Å². The van der Waals surface area contributed by atoms with Crippen molar-refractivity contribution in [1.29, 1.82) is 0 Å². The van der Waals surface area contributed by atoms with Crippen molar-refractivity contribution in [3.8, 4) is 0 Å². The summed E-state index contributed by atoms with van der Waals surface area (Å²) >= 11 is 0. The molecule has 0 aliphatic carbocycles. The van der Waals surface area contributed by atoms with Gasteiger partial charge in [0, 0.05) is 19.6 Å². The van der Waals surface area contributed by atoms with Crippen LogP contribution in [0.5, 0.6) is 0 Å². The molecule has 0 N–H and O–H groups in total. The van der Waals surface area contributed by atoms with Crippen molar-refractivity contribution >= 4 is 16.5 Å². The lowest BCUT2D eigenvalue weighted by atomic mass is 10.2. The topological polar surface area (TPSA) is 44.8 Å². The number of hydrogen-bond donors (Lipinski definition) is 0. The van der Waals surface area contributed by atoms with Gasteiger partial charge in [-0.1, -0.05) is 6.92 Å². The van der Waals surface area contributed by atoms with E-state index in [4.69, 9.17) is 13.9 Å². The lowest BCUT2D eigenvalue weighted by molar-refractivity contribution is -0.240. The smallest absolute Gasteiger partial charge is 0.352 e. The molecule has 0 aliphatic heterocycles. The van der Waals surface area contributed by atoms with E-state index in [1.165, 1.54) is 0 Å². The van der Waals surface area contributed by atoms with Gasteiger partial charge in [-0.2, -0.15) is 0 Å². The summed E-state index contributed by atoms with van der Waals surface area (Å²) in [6.07, 6.45) is 0.468. The fraction of sp³-hybridized carbons (Fsp3) is 0.875. The molecule has 0 aromatic carbocycles. The maximum Gasteiger partial charge on any atom is 0.352 e. The van der Waals surface area contributed by atoms with E-state index in [9.17, 15) is 4.79 Å². The third kappa shape index (κ3) is 3.09. The van der Waals surface area contributed by atoms with Crippen LogP contribution in [0.3, 0.4) is 0 Å². The van der Waals surface area contributed by atoms with Crippen LogP contribution in [0.25, 0.3) is 0 Å². The number of ether oxygens (including phenoxy) is 2. The van der Waals surface area contributed by atoms with Crippen LogP contribution in [0.4, 0.5) is 0 Å². The molecule has 0 amide bonds. The van der Waals surface area contributed by atoms with Crippen molar-refractivity contribution in [3.63, 3.8) is 0 Å². The minimum atomic E-state index is -1.18. The highest BCUT2D eigenvalue weighted by atomic mass is 28.2. The van der Waals surface area contributed by atoms with Gasteiger partial charge in [-0.05, 0) is 13.8 Å². The quantitative estimate of drug-likeness (QED) is 0.453. The average Bonchev–Trinajstić information content (AvgIpc) is 2.16. The van der Waals surface area contributed by atoms with Crippen molar-refractivity contribution in [2.45, 2.75) is 33.0 Å². The Labute approximate surface area is 82.1 Å². The normalized spacial score (nSPS) is 11.6. The Morgan fingerprint density at radius 1 is 1.23 bits per heavy atom. The first kappa shape index (κ1) is 12.6. The molecular weight excluding hydrogens is 188 g/mol. The summed E-state index contributed by atoms with van der Waals surface area (Å²) in [4.78, 5) is 11.4. The van der Waals surface area contributed by atoms with Gasteiger partial charge < -0.3 is 13.9 Å². The molecule has 0 fully saturated rings. The third-order valence-corrected chi connectivity index (χ3v) is 2.09. The predicted molar refractivity (Wildman–Crippen MR) is 52.3 cm³/mol. The molecule has 0 saturated carbocycles. The van der Waals surface area contributed by atoms with Gasteiger partial charge in [-0.3, -0.25) is 0 Å². The zero-order chi connectivity index (χ0) is 10.3. The lowest BCUT2D eigenvalue weighted by Crippen LogP contribution is -2.45. The molecule has 0 radical (unpaired) electrons. The first-order valence-electron chi connectivity index (χ1n) is 4.53. The molecule has 0 aliphatic rings. The molecular formula is C8H18O4Si. The Morgan fingerprint density at radius 2 is 1.69 bits per heavy atom. The van der Waals surface area contributed by atoms with E-state index in [1.807, 2.05) is 20.8 Å². The fourth-order valence-corrected chi connectivity index (χ4v) is 1.44. The van der Waals surface area contributed by atoms with E-state index in [2.05, 4.69) is 0 Å². The monoisotopic (exact) mass is 206 g/mol. The molecule has 0 bridgehead atoms. The summed E-state index contributed by atoms with van der Waals surface area (Å²) in [6.45, 7) is 6.35. The lowest BCUT2D eigenvalue weighted by Gasteiger charge is -2.29. The van der Waals surface area contributed by atoms with Crippen LogP contribution in [-0.4, -0.2) is 35.5 Å². The van der Waals surface area contributed by atoms with E-state index < -0.39 is 11.8 Å². The van der Waals surface area contributed by atoms with Gasteiger partial charge in [0.2, 0.25) is 10.5 Å². The molecule has 0 spiro atoms. The molecule has 0 heterocycles. The van der Waals surface area contributed by atoms with Gasteiger partial charge in [-0.15, -0.1) is 0 Å². The first-order chi connectivity index (χ1) is 6.16. The van der Waals surface area contributed by atoms with E-state index >= 15 is 0 Å². The van der Waals surface area contributed by atoms with Crippen molar-refractivity contribution in [1.82, 2.24) is 0 Å². The second-order valence-electron chi connectivity index (χ2n) is 2.46. The number of carbonyl (C=O) groups excluding carboxylic acids is 1. The third-order valence-electron chi connectivity index (χ3n) is 1.72. The molecule has 78 valence electrons. The Morgan fingerprint density at radius 3 is 1.92 bits per heavy atom. The average molecular weight is 206 g/mol. The van der Waals surface area contributed by atoms with Gasteiger partial charge in [0.1, 0.15) is 0 Å². The molecule has 4 nitrogen and oxygen atoms in total. The van der Waals surface area contributed by atoms with Gasteiger partial charge in [0.05, 0.1) is 0 Å². The van der Waals surface area contributed by atoms with E-state index in [-0.39, 0.29) is 0 Å². The molecule has 0 atom stereocenters. The van der Waals surface area contributed by atoms with Crippen LogP contribution in [0.2, 0.25) is 0 Å². The summed E-state index contributed by atoms with van der Waals surface area (Å²) < 4.78 is 15.4. The van der Waals surface area contributed by atoms with Crippen molar-refractivity contribution < 1.29 is 18.7 Å². The molecule has 0 aromatic heterocycles. The van der Waals surface area contributed by atoms with Crippen LogP contribution in [0.1, 0.15) is 27.2 Å².